The summed E-state index contributed by atoms with van der Waals surface area (Å²) in [5, 5.41) is 93.2. The first-order chi connectivity index (χ1) is 47.3. The number of aliphatic carboxylic acids is 3. The first-order valence-corrected chi connectivity index (χ1v) is 35.0. The number of aromatic hydroxyl groups is 1. The Labute approximate surface area is 580 Å². The number of rotatable bonds is 26. The number of carboxylic acid groups (broad SMARTS) is 3. The molecule has 542 valence electrons. The van der Waals surface area contributed by atoms with Crippen LogP contribution in [0.15, 0.2) is 85.1 Å². The third-order valence-corrected chi connectivity index (χ3v) is 19.0. The number of phenols is 1. The second-order valence-corrected chi connectivity index (χ2v) is 27.0. The van der Waals surface area contributed by atoms with E-state index in [1.54, 1.807) is 80.4 Å². The Morgan fingerprint density at radius 2 is 1.12 bits per heavy atom. The van der Waals surface area contributed by atoms with Gasteiger partial charge in [-0.3, -0.25) is 72.3 Å². The molecule has 99 heavy (non-hydrogen) atoms. The minimum Gasteiger partial charge on any atom is -0.508 e. The van der Waals surface area contributed by atoms with Crippen LogP contribution in [0.1, 0.15) is 49.8 Å². The van der Waals surface area contributed by atoms with E-state index >= 15 is 14.4 Å². The summed E-state index contributed by atoms with van der Waals surface area (Å²) in [7, 11) is 1.81. The lowest BCUT2D eigenvalue weighted by Gasteiger charge is -2.33. The molecule has 0 radical (unpaired) electrons. The molecule has 1 unspecified atom stereocenters. The molecule has 2 saturated heterocycles. The van der Waals surface area contributed by atoms with Gasteiger partial charge in [-0.1, -0.05) is 82.3 Å². The van der Waals surface area contributed by atoms with Crippen molar-refractivity contribution < 1.29 is 88.5 Å². The lowest BCUT2D eigenvalue weighted by atomic mass is 10.0. The first kappa shape index (κ1) is 79.5. The molecule has 8 amide bonds. The van der Waals surface area contributed by atoms with Gasteiger partial charge in [0.25, 0.3) is 0 Å². The maximum Gasteiger partial charge on any atom is 0.317 e. The van der Waals surface area contributed by atoms with Crippen molar-refractivity contribution in [3.63, 3.8) is 0 Å². The molecule has 32 nitrogen and oxygen atoms in total. The van der Waals surface area contributed by atoms with E-state index in [-0.39, 0.29) is 115 Å². The van der Waals surface area contributed by atoms with Gasteiger partial charge in [0.05, 0.1) is 51.0 Å². The molecule has 2 aliphatic heterocycles. The Morgan fingerprint density at radius 1 is 0.596 bits per heavy atom. The number of nitrogens with two attached hydrogens (primary N) is 1. The van der Waals surface area contributed by atoms with E-state index in [0.717, 1.165) is 21.6 Å². The summed E-state index contributed by atoms with van der Waals surface area (Å²) in [6, 6.07) is 9.21. The number of hydrogen-bond acceptors (Lipinski definition) is 22. The predicted molar refractivity (Wildman–Crippen MR) is 366 cm³/mol. The Hall–Kier alpha value is -8.45. The number of para-hydroxylation sites is 1. The van der Waals surface area contributed by atoms with Crippen LogP contribution in [0, 0.1) is 0 Å². The van der Waals surface area contributed by atoms with E-state index in [1.165, 1.54) is 38.1 Å². The Bertz CT molecular complexity index is 3320. The number of aromatic amines is 1. The summed E-state index contributed by atoms with van der Waals surface area (Å²) in [6.07, 6.45) is -1.31. The second kappa shape index (κ2) is 40.6. The SMILES string of the molecule is CC(O)[C@@H]1NC(=O)[C@H](CCCCN)NC(=O)[C@@H](Cc2c[nH]c3ccccc23)NC(=O)[C@H](Cc2ccc(O)cc2)NC(=O)[C@@H](NC(=O)[C@@H](Cc2ccccc2)NC(=O)CN2CCN(CC(=O)O)CCN(CC(=O)O)CCN(CC(=O)O)CC2)CSSC[C@@H](C(=O)N[C@H](CO)[C@@H](C)O)NC1=O. The molecule has 0 bridgehead atoms. The van der Waals surface area contributed by atoms with Gasteiger partial charge >= 0.3 is 17.9 Å². The summed E-state index contributed by atoms with van der Waals surface area (Å²) in [5.41, 5.74) is 8.05. The zero-order valence-electron chi connectivity index (χ0n) is 55.2. The fourth-order valence-electron chi connectivity index (χ4n) is 11.1. The smallest absolute Gasteiger partial charge is 0.317 e. The van der Waals surface area contributed by atoms with Crippen molar-refractivity contribution in [3.8, 4) is 5.75 Å². The molecule has 6 rings (SSSR count). The topological polar surface area (TPSA) is 480 Å². The molecule has 2 fully saturated rings. The molecule has 1 aromatic heterocycles. The minimum absolute atomic E-state index is 0.0540. The lowest BCUT2D eigenvalue weighted by molar-refractivity contribution is -0.140. The van der Waals surface area contributed by atoms with E-state index in [0.29, 0.717) is 34.0 Å². The van der Waals surface area contributed by atoms with Crippen molar-refractivity contribution in [1.29, 1.82) is 0 Å². The predicted octanol–water partition coefficient (Wildman–Crippen LogP) is -3.47. The third-order valence-electron chi connectivity index (χ3n) is 16.6. The van der Waals surface area contributed by atoms with E-state index in [4.69, 9.17) is 5.73 Å². The van der Waals surface area contributed by atoms with Crippen molar-refractivity contribution in [2.45, 2.75) is 113 Å². The zero-order chi connectivity index (χ0) is 72.1. The number of amides is 8. The van der Waals surface area contributed by atoms with Crippen molar-refractivity contribution in [3.05, 3.63) is 102 Å². The van der Waals surface area contributed by atoms with Crippen molar-refractivity contribution in [2.24, 2.45) is 5.73 Å². The van der Waals surface area contributed by atoms with Gasteiger partial charge in [-0.15, -0.1) is 0 Å². The van der Waals surface area contributed by atoms with E-state index in [2.05, 4.69) is 47.5 Å². The average molecular weight is 1420 g/mol. The fourth-order valence-corrected chi connectivity index (χ4v) is 13.4. The normalized spacial score (nSPS) is 22.0. The van der Waals surface area contributed by atoms with Crippen molar-refractivity contribution in [1.82, 2.24) is 67.1 Å². The second-order valence-electron chi connectivity index (χ2n) is 24.5. The maximum absolute atomic E-state index is 15.3. The van der Waals surface area contributed by atoms with Gasteiger partial charge < -0.3 is 89.0 Å². The number of aliphatic hydroxyl groups excluding tert-OH is 3. The number of hydrogen-bond donors (Lipinski definition) is 17. The van der Waals surface area contributed by atoms with Gasteiger partial charge in [-0.05, 0) is 74.5 Å². The minimum atomic E-state index is -1.77. The molecule has 0 spiro atoms. The van der Waals surface area contributed by atoms with Gasteiger partial charge in [-0.25, -0.2) is 0 Å². The molecular formula is C65H92N14O18S2. The summed E-state index contributed by atoms with van der Waals surface area (Å²) < 4.78 is 0. The number of benzene rings is 3. The number of carbonyl (C=O) groups is 11. The molecule has 4 aromatic rings. The molecular weight excluding hydrogens is 1330 g/mol. The molecule has 18 N–H and O–H groups in total. The largest absolute Gasteiger partial charge is 0.508 e. The van der Waals surface area contributed by atoms with Crippen LogP contribution in [0.3, 0.4) is 0 Å². The van der Waals surface area contributed by atoms with Crippen LogP contribution in [-0.2, 0) is 72.0 Å². The van der Waals surface area contributed by atoms with E-state index in [1.807, 2.05) is 0 Å². The monoisotopic (exact) mass is 1420 g/mol. The number of phenolic OH excluding ortho intramolecular Hbond substituents is 1. The number of H-pyrrole nitrogens is 1. The highest BCUT2D eigenvalue weighted by Crippen LogP contribution is 2.25. The van der Waals surface area contributed by atoms with Crippen LogP contribution in [-0.4, -0.2) is 289 Å². The van der Waals surface area contributed by atoms with E-state index < -0.39 is 152 Å². The Balaban J connectivity index is 1.40. The van der Waals surface area contributed by atoms with E-state index in [9.17, 15) is 74.1 Å². The van der Waals surface area contributed by atoms with Crippen molar-refractivity contribution in [2.75, 3.05) is 103 Å². The number of nitrogens with one attached hydrogen (secondary N) is 9. The lowest BCUT2D eigenvalue weighted by Crippen LogP contribution is -2.62. The fraction of sp³-hybridized carbons (Fsp3) is 0.523. The molecule has 0 saturated carbocycles. The van der Waals surface area contributed by atoms with Gasteiger partial charge in [0.2, 0.25) is 47.3 Å². The summed E-state index contributed by atoms with van der Waals surface area (Å²) in [5.74, 6) is -11.6. The molecule has 34 heteroatoms. The number of aromatic nitrogens is 1. The molecule has 3 heterocycles. The van der Waals surface area contributed by atoms with Gasteiger partial charge in [0, 0.05) is 100 Å². The van der Waals surface area contributed by atoms with Crippen LogP contribution in [0.2, 0.25) is 0 Å². The number of carboxylic acids is 3. The highest BCUT2D eigenvalue weighted by Gasteiger charge is 2.37. The highest BCUT2D eigenvalue weighted by molar-refractivity contribution is 8.76. The zero-order valence-corrected chi connectivity index (χ0v) is 56.8. The van der Waals surface area contributed by atoms with Crippen LogP contribution in [0.4, 0.5) is 0 Å². The van der Waals surface area contributed by atoms with Gasteiger partial charge in [-0.2, -0.15) is 0 Å². The quantitative estimate of drug-likeness (QED) is 0.0215. The summed E-state index contributed by atoms with van der Waals surface area (Å²) >= 11 is 0. The molecule has 3 aromatic carbocycles. The molecule has 2 aliphatic rings. The van der Waals surface area contributed by atoms with Crippen LogP contribution < -0.4 is 48.3 Å². The summed E-state index contributed by atoms with van der Waals surface area (Å²) in [4.78, 5) is 163. The summed E-state index contributed by atoms with van der Waals surface area (Å²) in [6.45, 7) is 1.08. The number of nitrogens with zero attached hydrogens (tertiary/aromatic N) is 4. The number of carbonyl (C=O) groups excluding carboxylic acids is 8. The van der Waals surface area contributed by atoms with Crippen LogP contribution in [0.25, 0.3) is 10.9 Å². The third kappa shape index (κ3) is 27.0. The number of aliphatic hydroxyl groups is 3. The average Bonchev–Trinajstić information content (AvgIpc) is 1.73. The first-order valence-electron chi connectivity index (χ1n) is 32.5. The Morgan fingerprint density at radius 3 is 1.68 bits per heavy atom. The number of fused-ring (bicyclic) bond motifs is 1. The van der Waals surface area contributed by atoms with Crippen LogP contribution >= 0.6 is 21.6 Å². The van der Waals surface area contributed by atoms with Crippen molar-refractivity contribution >= 4 is 97.7 Å². The van der Waals surface area contributed by atoms with Crippen LogP contribution in [0.5, 0.6) is 5.75 Å². The standard InChI is InChI=1S/C65H92N14O18S2/c1-39(81)51(36-80)72-64(96)53-38-99-98-37-52(73-60(92)48(28-41-10-4-3-5-11-41)68-54(84)32-76-20-22-77(33-55(85)86)24-26-79(35-57(89)90)27-25-78(23-21-76)34-56(87)88)63(95)70-49(29-42-15-17-44(83)18-16-42)61(93)71-50(30-43-31-67-46-13-7-6-12-45(43)46)62(94)69-47(14-8-9-19-66)59(91)75-58(40(2)82)65(97)74-53/h3-7,10-13,15-18,31,39-40,47-53,58,67,80-83H,8-9,14,19-30,32-38,66H2,1-2H3,(H,68,84)(H,69,94)(H,70,95)(H,71,93)(H,72,96)(H,73,92)(H,74,97)(H,75,91)(H,85,86)(H,87,88)(H,89,90)/t39-,40?,47+,48-,49+,50-,51-,52+,53+,58+/m1/s1. The van der Waals surface area contributed by atoms with Gasteiger partial charge in [0.15, 0.2) is 0 Å². The maximum atomic E-state index is 15.3. The Kier molecular flexibility index (Phi) is 32.6. The molecule has 10 atom stereocenters. The molecule has 0 aliphatic carbocycles. The van der Waals surface area contributed by atoms with Gasteiger partial charge in [0.1, 0.15) is 48.0 Å². The highest BCUT2D eigenvalue weighted by atomic mass is 33.1. The number of unbranched alkanes of at least 4 members (excludes halogenated alkanes) is 1.